The Morgan fingerprint density at radius 3 is 2.69 bits per heavy atom. The minimum absolute atomic E-state index is 0.0228. The van der Waals surface area contributed by atoms with Gasteiger partial charge in [0.05, 0.1) is 11.0 Å². The third kappa shape index (κ3) is 2.67. The molecule has 5 rings (SSSR count). The molecule has 2 amide bonds. The van der Waals surface area contributed by atoms with E-state index in [0.717, 1.165) is 50.8 Å². The van der Waals surface area contributed by atoms with Gasteiger partial charge in [-0.1, -0.05) is 12.8 Å². The van der Waals surface area contributed by atoms with Gasteiger partial charge >= 0.3 is 0 Å². The zero-order valence-corrected chi connectivity index (χ0v) is 16.7. The van der Waals surface area contributed by atoms with Crippen molar-refractivity contribution in [2.45, 2.75) is 57.0 Å². The lowest BCUT2D eigenvalue weighted by Crippen LogP contribution is -2.72. The number of carbonyl (C=O) groups excluding carboxylic acids is 2. The van der Waals surface area contributed by atoms with E-state index in [-0.39, 0.29) is 41.1 Å². The molecular weight excluding hydrogens is 392 g/mol. The van der Waals surface area contributed by atoms with Gasteiger partial charge in [0.2, 0.25) is 11.8 Å². The van der Waals surface area contributed by atoms with Crippen molar-refractivity contribution >= 4 is 40.5 Å². The molecule has 0 bridgehead atoms. The van der Waals surface area contributed by atoms with Gasteiger partial charge in [-0.3, -0.25) is 24.6 Å². The summed E-state index contributed by atoms with van der Waals surface area (Å²) in [5.41, 5.74) is 0.270. The number of anilines is 1. The van der Waals surface area contributed by atoms with Crippen LogP contribution in [0.5, 0.6) is 0 Å². The highest BCUT2D eigenvalue weighted by molar-refractivity contribution is 7.80. The summed E-state index contributed by atoms with van der Waals surface area (Å²) in [6.07, 6.45) is 5.61. The highest BCUT2D eigenvalue weighted by Crippen LogP contribution is 2.49. The zero-order valence-electron chi connectivity index (χ0n) is 15.9. The van der Waals surface area contributed by atoms with Crippen LogP contribution in [0.1, 0.15) is 44.1 Å². The summed E-state index contributed by atoms with van der Waals surface area (Å²) in [6.45, 7) is 0.728. The van der Waals surface area contributed by atoms with E-state index in [9.17, 15) is 19.7 Å². The second-order valence-electron chi connectivity index (χ2n) is 8.44. The maximum atomic E-state index is 13.8. The molecule has 2 unspecified atom stereocenters. The molecule has 1 spiro atoms. The fourth-order valence-electron chi connectivity index (χ4n) is 5.22. The number of hydrogen-bond donors (Lipinski definition) is 1. The van der Waals surface area contributed by atoms with Gasteiger partial charge in [-0.15, -0.1) is 0 Å². The summed E-state index contributed by atoms with van der Waals surface area (Å²) in [5.74, 6) is -0.596. The standard InChI is InChI=1S/C20H22N4O4S/c25-17-20(18(26)23(13-5-6-13)19(29)21-17)11-12-10-14(24(27)28)7-8-15(12)22-9-3-1-2-4-16(20)22/h7-8,10,13,16H,1-6,9,11H2,(H,21,25,29). The maximum absolute atomic E-state index is 13.8. The summed E-state index contributed by atoms with van der Waals surface area (Å²) < 4.78 is 0. The number of hydrogen-bond acceptors (Lipinski definition) is 6. The molecule has 4 aliphatic rings. The first-order valence-electron chi connectivity index (χ1n) is 10.2. The number of nitrogens with one attached hydrogen (secondary N) is 1. The van der Waals surface area contributed by atoms with Gasteiger partial charge in [0.25, 0.3) is 5.69 Å². The SMILES string of the molecule is O=C1NC(=S)N(C2CC2)C(=O)C12Cc1cc([N+](=O)[O-])ccc1N1CCCCCC12. The van der Waals surface area contributed by atoms with E-state index in [1.807, 2.05) is 0 Å². The van der Waals surface area contributed by atoms with Crippen molar-refractivity contribution in [3.05, 3.63) is 33.9 Å². The van der Waals surface area contributed by atoms with E-state index in [4.69, 9.17) is 12.2 Å². The Kier molecular flexibility index (Phi) is 4.13. The third-order valence-corrected chi connectivity index (χ3v) is 7.03. The number of nitrogens with zero attached hydrogens (tertiary/aromatic N) is 3. The van der Waals surface area contributed by atoms with Crippen molar-refractivity contribution in [1.82, 2.24) is 10.2 Å². The summed E-state index contributed by atoms with van der Waals surface area (Å²) in [7, 11) is 0. The Balaban J connectivity index is 1.67. The molecule has 1 aliphatic carbocycles. The van der Waals surface area contributed by atoms with E-state index >= 15 is 0 Å². The summed E-state index contributed by atoms with van der Waals surface area (Å²) in [5, 5.41) is 14.3. The quantitative estimate of drug-likeness (QED) is 0.345. The molecule has 1 aromatic rings. The molecule has 0 radical (unpaired) electrons. The van der Waals surface area contributed by atoms with Gasteiger partial charge in [-0.05, 0) is 49.5 Å². The van der Waals surface area contributed by atoms with E-state index in [2.05, 4.69) is 10.2 Å². The van der Waals surface area contributed by atoms with Crippen molar-refractivity contribution in [2.75, 3.05) is 11.4 Å². The van der Waals surface area contributed by atoms with Gasteiger partial charge in [-0.2, -0.15) is 0 Å². The Morgan fingerprint density at radius 1 is 1.17 bits per heavy atom. The second kappa shape index (κ2) is 6.48. The topological polar surface area (TPSA) is 95.8 Å². The largest absolute Gasteiger partial charge is 0.367 e. The minimum atomic E-state index is -1.29. The van der Waals surface area contributed by atoms with Gasteiger partial charge in [-0.25, -0.2) is 0 Å². The van der Waals surface area contributed by atoms with Crippen LogP contribution in [0, 0.1) is 15.5 Å². The third-order valence-electron chi connectivity index (χ3n) is 6.73. The average Bonchev–Trinajstić information content (AvgIpc) is 3.52. The number of nitro groups is 1. The van der Waals surface area contributed by atoms with E-state index in [1.165, 1.54) is 12.1 Å². The number of non-ortho nitro benzene ring substituents is 1. The summed E-state index contributed by atoms with van der Waals surface area (Å²) >= 11 is 5.33. The molecule has 3 aliphatic heterocycles. The van der Waals surface area contributed by atoms with E-state index < -0.39 is 10.3 Å². The first kappa shape index (κ1) is 18.5. The molecule has 8 nitrogen and oxygen atoms in total. The second-order valence-corrected chi connectivity index (χ2v) is 8.83. The van der Waals surface area contributed by atoms with Crippen LogP contribution in [-0.2, 0) is 16.0 Å². The Labute approximate surface area is 173 Å². The Bertz CT molecular complexity index is 946. The molecule has 1 N–H and O–H groups in total. The van der Waals surface area contributed by atoms with Crippen LogP contribution in [0.4, 0.5) is 11.4 Å². The van der Waals surface area contributed by atoms with E-state index in [1.54, 1.807) is 11.0 Å². The van der Waals surface area contributed by atoms with Crippen LogP contribution in [0.15, 0.2) is 18.2 Å². The molecule has 1 saturated carbocycles. The lowest BCUT2D eigenvalue weighted by molar-refractivity contribution is -0.384. The molecular formula is C20H22N4O4S. The van der Waals surface area contributed by atoms with Gasteiger partial charge in [0.1, 0.15) is 0 Å². The normalized spacial score (nSPS) is 29.2. The monoisotopic (exact) mass is 414 g/mol. The Morgan fingerprint density at radius 2 is 1.97 bits per heavy atom. The average molecular weight is 414 g/mol. The zero-order chi connectivity index (χ0) is 20.3. The fraction of sp³-hybridized carbons (Fsp3) is 0.550. The van der Waals surface area contributed by atoms with Crippen LogP contribution < -0.4 is 10.2 Å². The van der Waals surface area contributed by atoms with Crippen LogP contribution in [0.3, 0.4) is 0 Å². The van der Waals surface area contributed by atoms with Crippen molar-refractivity contribution in [3.8, 4) is 0 Å². The first-order valence-corrected chi connectivity index (χ1v) is 10.6. The Hall–Kier alpha value is -2.55. The van der Waals surface area contributed by atoms with Crippen LogP contribution in [0.25, 0.3) is 0 Å². The van der Waals surface area contributed by atoms with Crippen molar-refractivity contribution in [1.29, 1.82) is 0 Å². The van der Waals surface area contributed by atoms with Crippen LogP contribution in [-0.4, -0.2) is 45.4 Å². The first-order chi connectivity index (χ1) is 13.9. The molecule has 3 fully saturated rings. The smallest absolute Gasteiger partial charge is 0.269 e. The summed E-state index contributed by atoms with van der Waals surface area (Å²) in [6, 6.07) is 4.59. The van der Waals surface area contributed by atoms with Crippen LogP contribution in [0.2, 0.25) is 0 Å². The van der Waals surface area contributed by atoms with Gasteiger partial charge in [0, 0.05) is 36.8 Å². The maximum Gasteiger partial charge on any atom is 0.269 e. The molecule has 0 aromatic heterocycles. The predicted octanol–water partition coefficient (Wildman–Crippen LogP) is 2.29. The van der Waals surface area contributed by atoms with Gasteiger partial charge in [0.15, 0.2) is 10.5 Å². The molecule has 9 heteroatoms. The molecule has 2 saturated heterocycles. The van der Waals surface area contributed by atoms with Gasteiger partial charge < -0.3 is 10.2 Å². The number of amides is 2. The van der Waals surface area contributed by atoms with Crippen molar-refractivity contribution < 1.29 is 14.5 Å². The highest BCUT2D eigenvalue weighted by Gasteiger charge is 2.62. The molecule has 29 heavy (non-hydrogen) atoms. The molecule has 152 valence electrons. The number of rotatable bonds is 2. The highest BCUT2D eigenvalue weighted by atomic mass is 32.1. The van der Waals surface area contributed by atoms with Crippen molar-refractivity contribution in [2.24, 2.45) is 5.41 Å². The summed E-state index contributed by atoms with van der Waals surface area (Å²) in [4.78, 5) is 41.8. The van der Waals surface area contributed by atoms with Crippen molar-refractivity contribution in [3.63, 3.8) is 0 Å². The lowest BCUT2D eigenvalue weighted by Gasteiger charge is -2.52. The number of thiocarbonyl (C=S) groups is 1. The lowest BCUT2D eigenvalue weighted by atomic mass is 9.67. The molecule has 3 heterocycles. The molecule has 1 aromatic carbocycles. The fourth-order valence-corrected chi connectivity index (χ4v) is 5.55. The van der Waals surface area contributed by atoms with Crippen LogP contribution >= 0.6 is 12.2 Å². The number of fused-ring (bicyclic) bond motifs is 4. The predicted molar refractivity (Wildman–Crippen MR) is 109 cm³/mol. The minimum Gasteiger partial charge on any atom is -0.367 e. The number of carbonyl (C=O) groups is 2. The number of benzene rings is 1. The van der Waals surface area contributed by atoms with E-state index in [0.29, 0.717) is 5.56 Å². The molecule has 2 atom stereocenters. The number of nitro benzene ring substituents is 1.